The van der Waals surface area contributed by atoms with Crippen LogP contribution in [0.25, 0.3) is 0 Å². The Bertz CT molecular complexity index is 863. The van der Waals surface area contributed by atoms with Crippen molar-refractivity contribution in [2.45, 2.75) is 37.9 Å². The van der Waals surface area contributed by atoms with Gasteiger partial charge in [0.2, 0.25) is 8.38 Å². The van der Waals surface area contributed by atoms with Gasteiger partial charge in [0.05, 0.1) is 12.2 Å². The fraction of sp³-hybridized carbons (Fsp3) is 0.250. The largest absolute Gasteiger partial charge is 0.324 e. The molecule has 2 aliphatic rings. The van der Waals surface area contributed by atoms with Crippen LogP contribution < -0.4 is 21.2 Å². The van der Waals surface area contributed by atoms with Crippen molar-refractivity contribution in [3.63, 3.8) is 0 Å². The van der Waals surface area contributed by atoms with Crippen LogP contribution in [-0.4, -0.2) is 12.2 Å². The average molecular weight is 406 g/mol. The molecule has 1 aliphatic heterocycles. The first-order valence-electron chi connectivity index (χ1n) is 10.0. The van der Waals surface area contributed by atoms with Crippen LogP contribution in [0, 0.1) is 0 Å². The average Bonchev–Trinajstić information content (AvgIpc) is 3.20. The van der Waals surface area contributed by atoms with E-state index in [0.29, 0.717) is 0 Å². The summed E-state index contributed by atoms with van der Waals surface area (Å²) in [5, 5.41) is 5.34. The van der Waals surface area contributed by atoms with Gasteiger partial charge >= 0.3 is 0 Å². The first-order chi connectivity index (χ1) is 13.9. The predicted molar refractivity (Wildman–Crippen MR) is 120 cm³/mol. The van der Waals surface area contributed by atoms with Crippen LogP contribution in [-0.2, 0) is 9.05 Å². The van der Waals surface area contributed by atoms with Crippen molar-refractivity contribution in [1.82, 2.24) is 0 Å². The Morgan fingerprint density at radius 2 is 1.14 bits per heavy atom. The van der Waals surface area contributed by atoms with Gasteiger partial charge in [-0.15, -0.1) is 0 Å². The highest BCUT2D eigenvalue weighted by Crippen LogP contribution is 2.52. The number of hydrogen-bond donors (Lipinski definition) is 0. The van der Waals surface area contributed by atoms with E-state index < -0.39 is 16.3 Å². The molecule has 0 bridgehead atoms. The molecule has 0 spiro atoms. The first-order valence-corrected chi connectivity index (χ1v) is 12.5. The highest BCUT2D eigenvalue weighted by molar-refractivity contribution is 7.81. The topological polar surface area (TPSA) is 18.5 Å². The van der Waals surface area contributed by atoms with Crippen LogP contribution in [0.4, 0.5) is 0 Å². The molecule has 2 nitrogen and oxygen atoms in total. The van der Waals surface area contributed by atoms with Crippen LogP contribution in [0.5, 0.6) is 0 Å². The lowest BCUT2D eigenvalue weighted by Crippen LogP contribution is -2.30. The van der Waals surface area contributed by atoms with Gasteiger partial charge in [0.1, 0.15) is 0 Å². The number of hydrogen-bond acceptors (Lipinski definition) is 2. The van der Waals surface area contributed by atoms with E-state index in [1.165, 1.54) is 34.1 Å². The number of benzene rings is 3. The molecule has 0 unspecified atom stereocenters. The Morgan fingerprint density at radius 3 is 1.71 bits per heavy atom. The van der Waals surface area contributed by atoms with Crippen molar-refractivity contribution in [2.75, 3.05) is 0 Å². The summed E-state index contributed by atoms with van der Waals surface area (Å²) in [6.07, 6.45) is 5.36. The highest BCUT2D eigenvalue weighted by Gasteiger charge is 2.40. The minimum absolute atomic E-state index is 0.285. The van der Waals surface area contributed by atoms with E-state index in [-0.39, 0.29) is 12.2 Å². The normalized spacial score (nSPS) is 22.3. The van der Waals surface area contributed by atoms with Gasteiger partial charge in [-0.3, -0.25) is 0 Å². The van der Waals surface area contributed by atoms with Crippen LogP contribution in [0.15, 0.2) is 84.9 Å². The molecular formula is C24H24O2P2. The zero-order chi connectivity index (χ0) is 18.8. The fourth-order valence-electron chi connectivity index (χ4n) is 4.08. The van der Waals surface area contributed by atoms with Crippen LogP contribution >= 0.6 is 16.3 Å². The molecule has 4 heteroatoms. The van der Waals surface area contributed by atoms with E-state index in [1.54, 1.807) is 0 Å². The molecule has 0 N–H and O–H groups in total. The Balaban J connectivity index is 1.57. The number of rotatable bonds is 4. The standard InChI is InChI=1S/C24H24O2P2/c1-3-11-19(12-4-1)27(20-13-5-2-6-14-20)23-17-9-10-18-24(23)28-25-21-15-7-8-16-22(21)26-28/h1-6,9-14,17-18,21-22H,7-8,15-16H2/t21-,22-/m1/s1. The monoisotopic (exact) mass is 406 g/mol. The quantitative estimate of drug-likeness (QED) is 0.583. The SMILES string of the molecule is c1ccc(P(c2ccccc2)c2ccccc2P2O[C@@H]3CCCC[C@H]3O2)cc1. The Morgan fingerprint density at radius 1 is 0.643 bits per heavy atom. The molecule has 1 saturated carbocycles. The molecule has 28 heavy (non-hydrogen) atoms. The van der Waals surface area contributed by atoms with Crippen LogP contribution in [0.2, 0.25) is 0 Å². The Hall–Kier alpha value is -1.56. The van der Waals surface area contributed by atoms with E-state index >= 15 is 0 Å². The van der Waals surface area contributed by atoms with Crippen LogP contribution in [0.3, 0.4) is 0 Å². The molecule has 1 aliphatic carbocycles. The maximum absolute atomic E-state index is 6.47. The molecule has 0 radical (unpaired) electrons. The molecule has 2 fully saturated rings. The summed E-state index contributed by atoms with van der Waals surface area (Å²) in [5.74, 6) is 0. The Kier molecular flexibility index (Phi) is 5.56. The minimum atomic E-state index is -1.01. The summed E-state index contributed by atoms with van der Waals surface area (Å²) in [7, 11) is -1.66. The van der Waals surface area contributed by atoms with Crippen LogP contribution in [0.1, 0.15) is 25.7 Å². The zero-order valence-electron chi connectivity index (χ0n) is 15.8. The zero-order valence-corrected chi connectivity index (χ0v) is 17.6. The second-order valence-corrected chi connectivity index (χ2v) is 10.9. The lowest BCUT2D eigenvalue weighted by Gasteiger charge is -2.23. The third-order valence-corrected chi connectivity index (χ3v) is 9.84. The van der Waals surface area contributed by atoms with E-state index in [4.69, 9.17) is 9.05 Å². The van der Waals surface area contributed by atoms with Crippen molar-refractivity contribution in [3.8, 4) is 0 Å². The van der Waals surface area contributed by atoms with E-state index in [2.05, 4.69) is 84.9 Å². The summed E-state index contributed by atoms with van der Waals surface area (Å²) in [4.78, 5) is 0. The van der Waals surface area contributed by atoms with Gasteiger partial charge in [-0.2, -0.15) is 0 Å². The fourth-order valence-corrected chi connectivity index (χ4v) is 8.68. The van der Waals surface area contributed by atoms with Gasteiger partial charge in [-0.1, -0.05) is 91.7 Å². The molecule has 2 atom stereocenters. The van der Waals surface area contributed by atoms with Gasteiger partial charge in [-0.05, 0) is 42.7 Å². The van der Waals surface area contributed by atoms with Gasteiger partial charge in [-0.25, -0.2) is 0 Å². The maximum atomic E-state index is 6.47. The second-order valence-electron chi connectivity index (χ2n) is 7.32. The molecule has 3 aromatic rings. The van der Waals surface area contributed by atoms with E-state index in [9.17, 15) is 0 Å². The molecule has 5 rings (SSSR count). The van der Waals surface area contributed by atoms with Crippen molar-refractivity contribution in [1.29, 1.82) is 0 Å². The lowest BCUT2D eigenvalue weighted by atomic mass is 9.95. The molecule has 142 valence electrons. The van der Waals surface area contributed by atoms with Gasteiger partial charge in [0.25, 0.3) is 0 Å². The van der Waals surface area contributed by atoms with E-state index in [1.807, 2.05) is 0 Å². The summed E-state index contributed by atoms with van der Waals surface area (Å²) in [6.45, 7) is 0. The lowest BCUT2D eigenvalue weighted by molar-refractivity contribution is 0.110. The second kappa shape index (κ2) is 8.44. The van der Waals surface area contributed by atoms with Gasteiger partial charge in [0.15, 0.2) is 0 Å². The van der Waals surface area contributed by atoms with Crippen molar-refractivity contribution in [2.24, 2.45) is 0 Å². The summed E-state index contributed by atoms with van der Waals surface area (Å²) < 4.78 is 12.9. The Labute approximate surface area is 169 Å². The summed E-state index contributed by atoms with van der Waals surface area (Å²) >= 11 is 0. The first kappa shape index (κ1) is 18.5. The predicted octanol–water partition coefficient (Wildman–Crippen LogP) is 4.74. The molecule has 0 aromatic heterocycles. The minimum Gasteiger partial charge on any atom is -0.324 e. The maximum Gasteiger partial charge on any atom is 0.206 e. The van der Waals surface area contributed by atoms with Gasteiger partial charge in [0, 0.05) is 5.30 Å². The third kappa shape index (κ3) is 3.68. The number of fused-ring (bicyclic) bond motifs is 1. The van der Waals surface area contributed by atoms with Crippen molar-refractivity contribution < 1.29 is 9.05 Å². The molecule has 1 heterocycles. The van der Waals surface area contributed by atoms with Gasteiger partial charge < -0.3 is 9.05 Å². The van der Waals surface area contributed by atoms with Crippen molar-refractivity contribution >= 4 is 37.5 Å². The molecular weight excluding hydrogens is 382 g/mol. The van der Waals surface area contributed by atoms with E-state index in [0.717, 1.165) is 12.8 Å². The third-order valence-electron chi connectivity index (χ3n) is 5.45. The molecule has 1 saturated heterocycles. The van der Waals surface area contributed by atoms with Crippen molar-refractivity contribution in [3.05, 3.63) is 84.9 Å². The summed E-state index contributed by atoms with van der Waals surface area (Å²) in [5.41, 5.74) is 0. The molecule has 0 amide bonds. The summed E-state index contributed by atoms with van der Waals surface area (Å²) in [6, 6.07) is 30.5. The smallest absolute Gasteiger partial charge is 0.206 e. The highest BCUT2D eigenvalue weighted by atomic mass is 31.2. The molecule has 3 aromatic carbocycles.